The third-order valence-electron chi connectivity index (χ3n) is 4.06. The predicted octanol–water partition coefficient (Wildman–Crippen LogP) is 1.55. The highest BCUT2D eigenvalue weighted by Gasteiger charge is 2.34. The van der Waals surface area contributed by atoms with Gasteiger partial charge in [-0.3, -0.25) is 0 Å². The normalized spacial score (nSPS) is 32.6. The van der Waals surface area contributed by atoms with E-state index < -0.39 is 0 Å². The van der Waals surface area contributed by atoms with Crippen LogP contribution in [0.3, 0.4) is 0 Å². The van der Waals surface area contributed by atoms with E-state index in [2.05, 4.69) is 5.32 Å². The molecule has 0 amide bonds. The summed E-state index contributed by atoms with van der Waals surface area (Å²) in [5.41, 5.74) is 0. The lowest BCUT2D eigenvalue weighted by Crippen LogP contribution is -2.45. The zero-order chi connectivity index (χ0) is 11.4. The van der Waals surface area contributed by atoms with Gasteiger partial charge in [-0.25, -0.2) is 0 Å². The van der Waals surface area contributed by atoms with E-state index in [1.807, 2.05) is 0 Å². The largest absolute Gasteiger partial charge is 0.395 e. The Balaban J connectivity index is 1.74. The minimum absolute atomic E-state index is 0.118. The van der Waals surface area contributed by atoms with Gasteiger partial charge in [-0.2, -0.15) is 0 Å². The Morgan fingerprint density at radius 3 is 2.69 bits per heavy atom. The molecule has 0 aromatic carbocycles. The number of methoxy groups -OCH3 is 1. The molecule has 0 bridgehead atoms. The Kier molecular flexibility index (Phi) is 4.62. The minimum Gasteiger partial charge on any atom is -0.395 e. The topological polar surface area (TPSA) is 41.5 Å². The summed E-state index contributed by atoms with van der Waals surface area (Å²) in [4.78, 5) is 0. The molecule has 3 unspecified atom stereocenters. The Morgan fingerprint density at radius 1 is 1.25 bits per heavy atom. The van der Waals surface area contributed by atoms with Gasteiger partial charge in [0.05, 0.1) is 19.3 Å². The molecule has 0 aliphatic heterocycles. The molecule has 3 nitrogen and oxygen atoms in total. The highest BCUT2D eigenvalue weighted by molar-refractivity contribution is 4.88. The molecule has 0 spiro atoms. The lowest BCUT2D eigenvalue weighted by Gasteiger charge is -2.32. The molecule has 2 aliphatic carbocycles. The van der Waals surface area contributed by atoms with Crippen molar-refractivity contribution in [2.75, 3.05) is 20.3 Å². The molecule has 3 heteroatoms. The average molecular weight is 227 g/mol. The van der Waals surface area contributed by atoms with Crippen molar-refractivity contribution in [3.8, 4) is 0 Å². The number of ether oxygens (including phenoxy) is 1. The molecular formula is C13H25NO2. The molecule has 0 aromatic heterocycles. The van der Waals surface area contributed by atoms with Gasteiger partial charge in [-0.1, -0.05) is 12.8 Å². The summed E-state index contributed by atoms with van der Waals surface area (Å²) in [6.45, 7) is 0.791. The van der Waals surface area contributed by atoms with Crippen LogP contribution < -0.4 is 5.32 Å². The van der Waals surface area contributed by atoms with Crippen molar-refractivity contribution in [2.45, 2.75) is 50.6 Å². The van der Waals surface area contributed by atoms with Gasteiger partial charge < -0.3 is 15.2 Å². The smallest absolute Gasteiger partial charge is 0.0638 e. The Morgan fingerprint density at radius 2 is 2.06 bits per heavy atom. The maximum atomic E-state index is 9.23. The molecule has 0 saturated heterocycles. The van der Waals surface area contributed by atoms with E-state index >= 15 is 0 Å². The van der Waals surface area contributed by atoms with Crippen LogP contribution in [0.1, 0.15) is 38.5 Å². The number of aliphatic hydroxyl groups excluding tert-OH is 1. The molecule has 2 aliphatic rings. The van der Waals surface area contributed by atoms with Crippen LogP contribution in [-0.2, 0) is 4.74 Å². The van der Waals surface area contributed by atoms with Gasteiger partial charge >= 0.3 is 0 Å². The van der Waals surface area contributed by atoms with Gasteiger partial charge in [0.1, 0.15) is 0 Å². The SMILES string of the molecule is COCC(CO)NC1CCCC(C2CC2)C1. The molecule has 94 valence electrons. The van der Waals surface area contributed by atoms with E-state index in [-0.39, 0.29) is 12.6 Å². The van der Waals surface area contributed by atoms with E-state index in [0.717, 1.165) is 11.8 Å². The van der Waals surface area contributed by atoms with Crippen molar-refractivity contribution in [3.63, 3.8) is 0 Å². The van der Waals surface area contributed by atoms with Crippen LogP contribution in [0.5, 0.6) is 0 Å². The molecule has 2 saturated carbocycles. The van der Waals surface area contributed by atoms with Crippen LogP contribution in [0.15, 0.2) is 0 Å². The monoisotopic (exact) mass is 227 g/mol. The number of aliphatic hydroxyl groups is 1. The second-order valence-electron chi connectivity index (χ2n) is 5.46. The molecule has 3 atom stereocenters. The lowest BCUT2D eigenvalue weighted by atomic mass is 9.82. The molecule has 2 N–H and O–H groups in total. The van der Waals surface area contributed by atoms with E-state index in [1.54, 1.807) is 7.11 Å². The molecule has 0 aromatic rings. The minimum atomic E-state index is 0.118. The van der Waals surface area contributed by atoms with Crippen LogP contribution in [0.25, 0.3) is 0 Å². The number of hydrogen-bond acceptors (Lipinski definition) is 3. The summed E-state index contributed by atoms with van der Waals surface area (Å²) >= 11 is 0. The van der Waals surface area contributed by atoms with Gasteiger partial charge in [-0.05, 0) is 37.5 Å². The second-order valence-corrected chi connectivity index (χ2v) is 5.46. The van der Waals surface area contributed by atoms with Crippen LogP contribution in [0.4, 0.5) is 0 Å². The third-order valence-corrected chi connectivity index (χ3v) is 4.06. The zero-order valence-electron chi connectivity index (χ0n) is 10.3. The summed E-state index contributed by atoms with van der Waals surface area (Å²) in [6.07, 6.45) is 8.27. The van der Waals surface area contributed by atoms with Crippen LogP contribution in [0.2, 0.25) is 0 Å². The van der Waals surface area contributed by atoms with Gasteiger partial charge in [0.2, 0.25) is 0 Å². The third kappa shape index (κ3) is 3.44. The fourth-order valence-corrected chi connectivity index (χ4v) is 3.06. The fraction of sp³-hybridized carbons (Fsp3) is 1.00. The first-order valence-corrected chi connectivity index (χ1v) is 6.69. The fourth-order valence-electron chi connectivity index (χ4n) is 3.06. The van der Waals surface area contributed by atoms with Crippen LogP contribution >= 0.6 is 0 Å². The van der Waals surface area contributed by atoms with Crippen molar-refractivity contribution >= 4 is 0 Å². The van der Waals surface area contributed by atoms with Crippen molar-refractivity contribution in [1.82, 2.24) is 5.32 Å². The number of rotatable bonds is 6. The predicted molar refractivity (Wildman–Crippen MR) is 64.4 cm³/mol. The van der Waals surface area contributed by atoms with E-state index in [4.69, 9.17) is 4.74 Å². The summed E-state index contributed by atoms with van der Waals surface area (Å²) in [7, 11) is 1.69. The first-order valence-electron chi connectivity index (χ1n) is 6.69. The summed E-state index contributed by atoms with van der Waals surface area (Å²) in [6, 6.07) is 0.722. The summed E-state index contributed by atoms with van der Waals surface area (Å²) in [5, 5.41) is 12.8. The molecule has 0 radical (unpaired) electrons. The first kappa shape index (κ1) is 12.3. The summed E-state index contributed by atoms with van der Waals surface area (Å²) < 4.78 is 5.10. The Hall–Kier alpha value is -0.120. The molecule has 2 fully saturated rings. The Bertz CT molecular complexity index is 206. The van der Waals surface area contributed by atoms with Gasteiger partial charge in [-0.15, -0.1) is 0 Å². The molecule has 2 rings (SSSR count). The van der Waals surface area contributed by atoms with Crippen LogP contribution in [0, 0.1) is 11.8 Å². The lowest BCUT2D eigenvalue weighted by molar-refractivity contribution is 0.113. The maximum absolute atomic E-state index is 9.23. The van der Waals surface area contributed by atoms with Gasteiger partial charge in [0.15, 0.2) is 0 Å². The first-order chi connectivity index (χ1) is 7.83. The van der Waals surface area contributed by atoms with Crippen LogP contribution in [-0.4, -0.2) is 37.5 Å². The van der Waals surface area contributed by atoms with Crippen molar-refractivity contribution in [3.05, 3.63) is 0 Å². The molecule has 16 heavy (non-hydrogen) atoms. The second kappa shape index (κ2) is 5.99. The molecular weight excluding hydrogens is 202 g/mol. The molecule has 0 heterocycles. The van der Waals surface area contributed by atoms with Crippen molar-refractivity contribution in [1.29, 1.82) is 0 Å². The number of nitrogens with one attached hydrogen (secondary N) is 1. The van der Waals surface area contributed by atoms with Gasteiger partial charge in [0, 0.05) is 13.2 Å². The highest BCUT2D eigenvalue weighted by atomic mass is 16.5. The van der Waals surface area contributed by atoms with Gasteiger partial charge in [0.25, 0.3) is 0 Å². The van der Waals surface area contributed by atoms with E-state index in [9.17, 15) is 5.11 Å². The standard InChI is InChI=1S/C13H25NO2/c1-16-9-13(8-15)14-12-4-2-3-11(7-12)10-5-6-10/h10-15H,2-9H2,1H3. The maximum Gasteiger partial charge on any atom is 0.0638 e. The average Bonchev–Trinajstić information content (AvgIpc) is 3.13. The highest BCUT2D eigenvalue weighted by Crippen LogP contribution is 2.43. The summed E-state index contributed by atoms with van der Waals surface area (Å²) in [5.74, 6) is 1.98. The van der Waals surface area contributed by atoms with E-state index in [1.165, 1.54) is 38.5 Å². The van der Waals surface area contributed by atoms with E-state index in [0.29, 0.717) is 12.6 Å². The zero-order valence-corrected chi connectivity index (χ0v) is 10.3. The van der Waals surface area contributed by atoms with Crippen molar-refractivity contribution < 1.29 is 9.84 Å². The quantitative estimate of drug-likeness (QED) is 0.723. The Labute approximate surface area is 98.6 Å². The number of hydrogen-bond donors (Lipinski definition) is 2. The van der Waals surface area contributed by atoms with Crippen molar-refractivity contribution in [2.24, 2.45) is 11.8 Å².